The van der Waals surface area contributed by atoms with E-state index in [4.69, 9.17) is 0 Å². The molecule has 1 amide bonds. The van der Waals surface area contributed by atoms with Crippen LogP contribution in [0.5, 0.6) is 0 Å². The smallest absolute Gasteiger partial charge is 0.352 e. The first-order valence-corrected chi connectivity index (χ1v) is 8.33. The van der Waals surface area contributed by atoms with Crippen LogP contribution in [0.2, 0.25) is 0 Å². The summed E-state index contributed by atoms with van der Waals surface area (Å²) in [6.07, 6.45) is 2.58. The number of rotatable bonds is 5. The predicted molar refractivity (Wildman–Crippen MR) is 86.2 cm³/mol. The molecule has 132 valence electrons. The molecule has 1 heterocycles. The lowest BCUT2D eigenvalue weighted by Crippen LogP contribution is -2.59. The van der Waals surface area contributed by atoms with Crippen LogP contribution in [-0.2, 0) is 4.79 Å². The summed E-state index contributed by atoms with van der Waals surface area (Å²) in [7, 11) is 0. The van der Waals surface area contributed by atoms with Gasteiger partial charge in [0.2, 0.25) is 0 Å². The van der Waals surface area contributed by atoms with E-state index in [9.17, 15) is 18.7 Å². The zero-order chi connectivity index (χ0) is 17.7. The van der Waals surface area contributed by atoms with E-state index in [-0.39, 0.29) is 18.5 Å². The van der Waals surface area contributed by atoms with Crippen LogP contribution in [0.15, 0.2) is 24.3 Å². The van der Waals surface area contributed by atoms with E-state index in [1.54, 1.807) is 12.1 Å². The van der Waals surface area contributed by atoms with Gasteiger partial charge in [0.05, 0.1) is 0 Å². The highest BCUT2D eigenvalue weighted by molar-refractivity contribution is 5.97. The molecule has 2 aliphatic carbocycles. The maximum absolute atomic E-state index is 14.1. The average Bonchev–Trinajstić information content (AvgIpc) is 3.30. The van der Waals surface area contributed by atoms with Gasteiger partial charge in [-0.1, -0.05) is 0 Å². The molecule has 1 aromatic carbocycles. The van der Waals surface area contributed by atoms with E-state index in [0.29, 0.717) is 18.2 Å². The molecule has 0 spiro atoms. The highest BCUT2D eigenvalue weighted by atomic mass is 19.3. The van der Waals surface area contributed by atoms with Crippen LogP contribution >= 0.6 is 0 Å². The molecule has 3 N–H and O–H groups in total. The van der Waals surface area contributed by atoms with Gasteiger partial charge in [-0.25, -0.2) is 4.98 Å². The van der Waals surface area contributed by atoms with Crippen molar-refractivity contribution in [1.82, 2.24) is 15.2 Å². The molecule has 4 rings (SSSR count). The Morgan fingerprint density at radius 2 is 1.96 bits per heavy atom. The fraction of sp³-hybridized carbons (Fsp3) is 0.471. The van der Waals surface area contributed by atoms with Crippen molar-refractivity contribution in [3.05, 3.63) is 30.1 Å². The number of H-pyrrole nitrogens is 1. The predicted octanol–water partition coefficient (Wildman–Crippen LogP) is 2.84. The Morgan fingerprint density at radius 3 is 2.52 bits per heavy atom. The van der Waals surface area contributed by atoms with Crippen LogP contribution in [0.4, 0.5) is 14.5 Å². The molecule has 0 aliphatic heterocycles. The third kappa shape index (κ3) is 2.80. The number of amides is 1. The molecule has 2 aromatic rings. The molecular formula is C17H18F2N4O2. The Kier molecular flexibility index (Phi) is 3.61. The Labute approximate surface area is 142 Å². The van der Waals surface area contributed by atoms with Crippen molar-refractivity contribution in [2.45, 2.75) is 49.5 Å². The molecule has 0 atom stereocenters. The first-order valence-electron chi connectivity index (χ1n) is 8.33. The normalized spacial score (nSPS) is 19.3. The summed E-state index contributed by atoms with van der Waals surface area (Å²) in [6.45, 7) is 0. The molecule has 1 aromatic heterocycles. The monoisotopic (exact) mass is 348 g/mol. The van der Waals surface area contributed by atoms with Crippen LogP contribution in [0.1, 0.15) is 43.8 Å². The Hall–Kier alpha value is -2.35. The summed E-state index contributed by atoms with van der Waals surface area (Å²) in [4.78, 5) is 16.3. The number of halogens is 2. The number of carbonyl (C=O) groups excluding carboxylic acids is 1. The van der Waals surface area contributed by atoms with E-state index >= 15 is 0 Å². The summed E-state index contributed by atoms with van der Waals surface area (Å²) in [6, 6.07) is 6.35. The van der Waals surface area contributed by atoms with Crippen LogP contribution in [-0.4, -0.2) is 37.7 Å². The number of hydrogen-bond acceptors (Lipinski definition) is 4. The van der Waals surface area contributed by atoms with Gasteiger partial charge in [0, 0.05) is 17.2 Å². The zero-order valence-corrected chi connectivity index (χ0v) is 13.4. The van der Waals surface area contributed by atoms with Crippen molar-refractivity contribution < 1.29 is 18.7 Å². The summed E-state index contributed by atoms with van der Waals surface area (Å²) in [5.74, 6) is -3.45. The number of nitrogens with one attached hydrogen (secondary N) is 2. The lowest BCUT2D eigenvalue weighted by molar-refractivity contribution is -0.212. The number of nitrogens with zero attached hydrogens (tertiary/aromatic N) is 2. The molecule has 2 saturated carbocycles. The molecule has 2 fully saturated rings. The summed E-state index contributed by atoms with van der Waals surface area (Å²) in [5, 5.41) is 19.0. The molecule has 25 heavy (non-hydrogen) atoms. The zero-order valence-electron chi connectivity index (χ0n) is 13.4. The summed E-state index contributed by atoms with van der Waals surface area (Å²) in [5.41, 5.74) is -1.27. The third-order valence-corrected chi connectivity index (χ3v) is 4.92. The topological polar surface area (TPSA) is 90.9 Å². The lowest BCUT2D eigenvalue weighted by Gasteiger charge is -2.41. The number of aliphatic hydroxyl groups is 1. The number of benzene rings is 1. The second-order valence-electron chi connectivity index (χ2n) is 6.81. The van der Waals surface area contributed by atoms with Crippen LogP contribution in [0.25, 0.3) is 11.4 Å². The van der Waals surface area contributed by atoms with E-state index < -0.39 is 17.4 Å². The fourth-order valence-corrected chi connectivity index (χ4v) is 2.89. The molecule has 2 aliphatic rings. The van der Waals surface area contributed by atoms with E-state index in [0.717, 1.165) is 24.2 Å². The third-order valence-electron chi connectivity index (χ3n) is 4.92. The lowest BCUT2D eigenvalue weighted by atomic mass is 9.75. The molecular weight excluding hydrogens is 330 g/mol. The fourth-order valence-electron chi connectivity index (χ4n) is 2.89. The first kappa shape index (κ1) is 16.1. The van der Waals surface area contributed by atoms with E-state index in [1.807, 2.05) is 0 Å². The standard InChI is InChI=1S/C17H18F2N4O2/c18-17(19,16(25)8-1-9-16)15(24)20-12-6-4-11(5-7-12)14-21-13(22-23-14)10-2-3-10/h4-7,10,25H,1-3,8-9H2,(H,20,24)(H,21,22,23). The highest BCUT2D eigenvalue weighted by Gasteiger charge is 2.61. The number of alkyl halides is 2. The second-order valence-corrected chi connectivity index (χ2v) is 6.81. The SMILES string of the molecule is O=C(Nc1ccc(-c2n[nH]c(C3CC3)n2)cc1)C(F)(F)C1(O)CCC1. The van der Waals surface area contributed by atoms with Crippen molar-refractivity contribution in [2.24, 2.45) is 0 Å². The van der Waals surface area contributed by atoms with Gasteiger partial charge in [0.1, 0.15) is 11.4 Å². The maximum Gasteiger partial charge on any atom is 0.352 e. The van der Waals surface area contributed by atoms with Gasteiger partial charge >= 0.3 is 5.92 Å². The first-order chi connectivity index (χ1) is 11.9. The van der Waals surface area contributed by atoms with Gasteiger partial charge in [0.25, 0.3) is 5.91 Å². The molecule has 0 saturated heterocycles. The second kappa shape index (κ2) is 5.59. The van der Waals surface area contributed by atoms with Gasteiger partial charge in [-0.05, 0) is 56.4 Å². The number of carbonyl (C=O) groups is 1. The van der Waals surface area contributed by atoms with Crippen molar-refractivity contribution in [2.75, 3.05) is 5.32 Å². The molecule has 0 unspecified atom stereocenters. The minimum atomic E-state index is -3.81. The maximum atomic E-state index is 14.1. The largest absolute Gasteiger partial charge is 0.383 e. The Balaban J connectivity index is 1.45. The van der Waals surface area contributed by atoms with Gasteiger partial charge in [-0.3, -0.25) is 9.89 Å². The van der Waals surface area contributed by atoms with Crippen molar-refractivity contribution >= 4 is 11.6 Å². The molecule has 6 nitrogen and oxygen atoms in total. The Morgan fingerprint density at radius 1 is 1.28 bits per heavy atom. The highest BCUT2D eigenvalue weighted by Crippen LogP contribution is 2.44. The van der Waals surface area contributed by atoms with E-state index in [2.05, 4.69) is 20.5 Å². The van der Waals surface area contributed by atoms with E-state index in [1.165, 1.54) is 12.1 Å². The van der Waals surface area contributed by atoms with Gasteiger partial charge in [0.15, 0.2) is 5.82 Å². The van der Waals surface area contributed by atoms with Crippen LogP contribution < -0.4 is 5.32 Å². The quantitative estimate of drug-likeness (QED) is 0.775. The molecule has 0 bridgehead atoms. The minimum absolute atomic E-state index is 0.0689. The van der Waals surface area contributed by atoms with Crippen LogP contribution in [0, 0.1) is 0 Å². The summed E-state index contributed by atoms with van der Waals surface area (Å²) < 4.78 is 28.1. The van der Waals surface area contributed by atoms with Crippen LogP contribution in [0.3, 0.4) is 0 Å². The average molecular weight is 348 g/mol. The van der Waals surface area contributed by atoms with Gasteiger partial charge in [-0.2, -0.15) is 13.9 Å². The van der Waals surface area contributed by atoms with Gasteiger partial charge in [-0.15, -0.1) is 0 Å². The number of aromatic nitrogens is 3. The van der Waals surface area contributed by atoms with Crippen molar-refractivity contribution in [1.29, 1.82) is 0 Å². The minimum Gasteiger partial charge on any atom is -0.383 e. The molecule has 0 radical (unpaired) electrons. The van der Waals surface area contributed by atoms with Crippen molar-refractivity contribution in [3.63, 3.8) is 0 Å². The number of hydrogen-bond donors (Lipinski definition) is 3. The number of aromatic amines is 1. The number of anilines is 1. The van der Waals surface area contributed by atoms with Crippen molar-refractivity contribution in [3.8, 4) is 11.4 Å². The molecule has 8 heteroatoms. The Bertz CT molecular complexity index is 795. The van der Waals surface area contributed by atoms with Gasteiger partial charge < -0.3 is 10.4 Å². The summed E-state index contributed by atoms with van der Waals surface area (Å²) >= 11 is 0.